The van der Waals surface area contributed by atoms with Crippen molar-refractivity contribution >= 4 is 65.3 Å². The molecule has 1 aliphatic carbocycles. The summed E-state index contributed by atoms with van der Waals surface area (Å²) in [4.78, 5) is 11.0. The number of hydrogen-bond acceptors (Lipinski definition) is 3. The molecule has 11 rings (SSSR count). The summed E-state index contributed by atoms with van der Waals surface area (Å²) in [6.07, 6.45) is 0. The van der Waals surface area contributed by atoms with E-state index in [4.69, 9.17) is 14.4 Å². The molecule has 10 aromatic rings. The minimum atomic E-state index is -0.319. The van der Waals surface area contributed by atoms with Crippen LogP contribution in [-0.4, -0.2) is 14.5 Å². The molecule has 0 radical (unpaired) electrons. The maximum Gasteiger partial charge on any atom is 0.162 e. The Morgan fingerprint density at radius 3 is 1.84 bits per heavy atom. The second kappa shape index (κ2) is 9.42. The lowest BCUT2D eigenvalue weighted by atomic mass is 9.85. The number of fused-ring (bicyclic) bond motifs is 11. The van der Waals surface area contributed by atoms with E-state index < -0.39 is 0 Å². The first-order valence-corrected chi connectivity index (χ1v) is 16.8. The monoisotopic (exact) mass is 627 g/mol. The quantitative estimate of drug-likeness (QED) is 0.192. The van der Waals surface area contributed by atoms with Crippen LogP contribution in [0.5, 0.6) is 0 Å². The van der Waals surface area contributed by atoms with E-state index in [9.17, 15) is 0 Å². The minimum absolute atomic E-state index is 0.319. The summed E-state index contributed by atoms with van der Waals surface area (Å²) < 4.78 is 8.73. The molecule has 0 saturated carbocycles. The van der Waals surface area contributed by atoms with Gasteiger partial charge in [0, 0.05) is 38.1 Å². The van der Waals surface area contributed by atoms with Gasteiger partial charge in [0.15, 0.2) is 5.82 Å². The normalized spacial score (nSPS) is 13.7. The lowest BCUT2D eigenvalue weighted by Crippen LogP contribution is -2.18. The largest absolute Gasteiger partial charge is 0.456 e. The zero-order chi connectivity index (χ0) is 32.4. The predicted octanol–water partition coefficient (Wildman–Crippen LogP) is 11.8. The molecule has 3 aromatic heterocycles. The van der Waals surface area contributed by atoms with Crippen LogP contribution in [0.4, 0.5) is 0 Å². The van der Waals surface area contributed by atoms with E-state index in [2.05, 4.69) is 146 Å². The van der Waals surface area contributed by atoms with Gasteiger partial charge in [0.1, 0.15) is 17.0 Å². The van der Waals surface area contributed by atoms with Gasteiger partial charge in [-0.15, -0.1) is 0 Å². The second-order valence-electron chi connectivity index (χ2n) is 13.8. The SMILES string of the molecule is CC1(C)c2ccccc2-c2c(-n3c4cc5ccccc5cc4c4cc5ccccc5cc43)nc(-c3ccc4c(c3)oc3ccccc34)nc21. The molecule has 49 heavy (non-hydrogen) atoms. The Kier molecular flexibility index (Phi) is 5.15. The lowest BCUT2D eigenvalue weighted by molar-refractivity contribution is 0.635. The minimum Gasteiger partial charge on any atom is -0.456 e. The Labute approximate surface area is 281 Å². The van der Waals surface area contributed by atoms with E-state index in [0.717, 1.165) is 55.6 Å². The van der Waals surface area contributed by atoms with Gasteiger partial charge in [0.05, 0.1) is 16.7 Å². The van der Waals surface area contributed by atoms with Gasteiger partial charge in [-0.05, 0) is 75.1 Å². The Balaban J connectivity index is 1.29. The van der Waals surface area contributed by atoms with E-state index in [-0.39, 0.29) is 5.41 Å². The molecule has 0 unspecified atom stereocenters. The van der Waals surface area contributed by atoms with E-state index in [1.54, 1.807) is 0 Å². The molecule has 7 aromatic carbocycles. The van der Waals surface area contributed by atoms with Gasteiger partial charge in [-0.25, -0.2) is 9.97 Å². The first-order chi connectivity index (χ1) is 24.0. The van der Waals surface area contributed by atoms with Crippen molar-refractivity contribution < 1.29 is 4.42 Å². The highest BCUT2D eigenvalue weighted by Gasteiger charge is 2.40. The fraction of sp³-hybridized carbons (Fsp3) is 0.0667. The van der Waals surface area contributed by atoms with Gasteiger partial charge in [0.25, 0.3) is 0 Å². The van der Waals surface area contributed by atoms with E-state index >= 15 is 0 Å². The van der Waals surface area contributed by atoms with Gasteiger partial charge in [-0.2, -0.15) is 0 Å². The van der Waals surface area contributed by atoms with E-state index in [1.165, 1.54) is 43.4 Å². The van der Waals surface area contributed by atoms with Crippen LogP contribution in [0.25, 0.3) is 93.6 Å². The maximum absolute atomic E-state index is 6.34. The average molecular weight is 628 g/mol. The molecule has 4 heteroatoms. The molecule has 0 aliphatic heterocycles. The van der Waals surface area contributed by atoms with Gasteiger partial charge >= 0.3 is 0 Å². The molecule has 0 N–H and O–H groups in total. The van der Waals surface area contributed by atoms with Crippen molar-refractivity contribution in [2.24, 2.45) is 0 Å². The zero-order valence-electron chi connectivity index (χ0n) is 27.0. The number of rotatable bonds is 2. The highest BCUT2D eigenvalue weighted by atomic mass is 16.3. The van der Waals surface area contributed by atoms with Crippen LogP contribution in [0.1, 0.15) is 25.1 Å². The van der Waals surface area contributed by atoms with Crippen LogP contribution in [0.15, 0.2) is 144 Å². The maximum atomic E-state index is 6.34. The van der Waals surface area contributed by atoms with Crippen molar-refractivity contribution in [1.82, 2.24) is 14.5 Å². The number of furan rings is 1. The number of nitrogens with zero attached hydrogens (tertiary/aromatic N) is 3. The predicted molar refractivity (Wildman–Crippen MR) is 202 cm³/mol. The topological polar surface area (TPSA) is 43.9 Å². The summed E-state index contributed by atoms with van der Waals surface area (Å²) in [5.41, 5.74) is 9.17. The van der Waals surface area contributed by atoms with Crippen molar-refractivity contribution in [2.45, 2.75) is 19.3 Å². The molecule has 3 heterocycles. The highest BCUT2D eigenvalue weighted by molar-refractivity contribution is 6.17. The number of benzene rings is 7. The summed E-state index contributed by atoms with van der Waals surface area (Å²) in [5.74, 6) is 1.59. The molecule has 0 atom stereocenters. The molecule has 230 valence electrons. The molecule has 0 spiro atoms. The Hall–Kier alpha value is -6.26. The van der Waals surface area contributed by atoms with Crippen molar-refractivity contribution in [1.29, 1.82) is 0 Å². The van der Waals surface area contributed by atoms with E-state index in [0.29, 0.717) is 5.82 Å². The Morgan fingerprint density at radius 1 is 0.531 bits per heavy atom. The second-order valence-corrected chi connectivity index (χ2v) is 13.8. The van der Waals surface area contributed by atoms with Crippen LogP contribution in [0, 0.1) is 0 Å². The average Bonchev–Trinajstić information content (AvgIpc) is 3.74. The molecule has 4 nitrogen and oxygen atoms in total. The lowest BCUT2D eigenvalue weighted by Gasteiger charge is -2.21. The van der Waals surface area contributed by atoms with Crippen molar-refractivity contribution in [3.63, 3.8) is 0 Å². The molecular weight excluding hydrogens is 599 g/mol. The van der Waals surface area contributed by atoms with Crippen LogP contribution in [0.3, 0.4) is 0 Å². The standard InChI is InChI=1S/C45H29N3O/c1-45(2)36-17-9-7-16-33(36)41-42(45)46-43(30-19-20-32-31-15-8-10-18-39(31)49-40(32)25-30)47-44(41)48-37-23-28-13-5-3-11-26(28)21-34(37)35-22-27-12-4-6-14-29(27)24-38(35)48/h3-25H,1-2H3. The Bertz CT molecular complexity index is 2940. The van der Waals surface area contributed by atoms with Crippen LogP contribution in [-0.2, 0) is 5.41 Å². The summed E-state index contributed by atoms with van der Waals surface area (Å²) in [5, 5.41) is 9.47. The molecule has 0 amide bonds. The Morgan fingerprint density at radius 2 is 1.12 bits per heavy atom. The third kappa shape index (κ3) is 3.63. The van der Waals surface area contributed by atoms with Gasteiger partial charge in [-0.1, -0.05) is 111 Å². The number of aromatic nitrogens is 3. The number of para-hydroxylation sites is 1. The summed E-state index contributed by atoms with van der Waals surface area (Å²) in [7, 11) is 0. The number of hydrogen-bond donors (Lipinski definition) is 0. The molecule has 0 bridgehead atoms. The van der Waals surface area contributed by atoms with Crippen LogP contribution >= 0.6 is 0 Å². The fourth-order valence-electron chi connectivity index (χ4n) is 8.29. The highest BCUT2D eigenvalue weighted by Crippen LogP contribution is 2.51. The van der Waals surface area contributed by atoms with Gasteiger partial charge < -0.3 is 4.42 Å². The summed E-state index contributed by atoms with van der Waals surface area (Å²) in [6, 6.07) is 49.9. The third-order valence-corrected chi connectivity index (χ3v) is 10.7. The molecular formula is C45H29N3O. The van der Waals surface area contributed by atoms with Crippen molar-refractivity contribution in [3.8, 4) is 28.3 Å². The molecule has 1 aliphatic rings. The van der Waals surface area contributed by atoms with Crippen molar-refractivity contribution in [2.75, 3.05) is 0 Å². The third-order valence-electron chi connectivity index (χ3n) is 10.7. The van der Waals surface area contributed by atoms with Gasteiger partial charge in [-0.3, -0.25) is 4.57 Å². The van der Waals surface area contributed by atoms with Gasteiger partial charge in [0.2, 0.25) is 0 Å². The summed E-state index contributed by atoms with van der Waals surface area (Å²) >= 11 is 0. The first-order valence-electron chi connectivity index (χ1n) is 16.8. The summed E-state index contributed by atoms with van der Waals surface area (Å²) in [6.45, 7) is 4.57. The van der Waals surface area contributed by atoms with E-state index in [1.807, 2.05) is 12.1 Å². The van der Waals surface area contributed by atoms with Crippen LogP contribution < -0.4 is 0 Å². The van der Waals surface area contributed by atoms with Crippen LogP contribution in [0.2, 0.25) is 0 Å². The fourth-order valence-corrected chi connectivity index (χ4v) is 8.29. The first kappa shape index (κ1) is 26.8. The zero-order valence-corrected chi connectivity index (χ0v) is 27.0. The smallest absolute Gasteiger partial charge is 0.162 e. The molecule has 0 fully saturated rings. The molecule has 0 saturated heterocycles. The van der Waals surface area contributed by atoms with Crippen molar-refractivity contribution in [3.05, 3.63) is 151 Å².